The maximum Gasteiger partial charge on any atom is 0.409 e. The SMILES string of the molecule is COc1cc2cc(c1Cl)N(C)C(=O)C[C@H](OC(=O)Cc1ccc(/C(C)=N/NC(=O)c3ccc(NC(=O)CCCCCN4C(=O)C=CC4=O)cc3S(=O)(=O)O)cc1)[C@]1(C)O[C@H]1[C@H](C)[C@@H]1C[C@@](O)(NC(=O)O1)[C@H](OC)/C=C/C=C(\C)C2. The normalized spacial score (nSPS) is 25.6. The number of hydrogen-bond donors (Lipinski definition) is 5. The Morgan fingerprint density at radius 1 is 1.00 bits per heavy atom. The number of carbonyl (C=O) groups is 7. The molecule has 24 heteroatoms. The number of halogens is 1. The molecule has 0 radical (unpaired) electrons. The van der Waals surface area contributed by atoms with Gasteiger partial charge in [0.25, 0.3) is 27.8 Å². The minimum atomic E-state index is -4.98. The summed E-state index contributed by atoms with van der Waals surface area (Å²) in [4.78, 5) is 92.3. The highest BCUT2D eigenvalue weighted by Gasteiger charge is 2.64. The van der Waals surface area contributed by atoms with Crippen molar-refractivity contribution in [2.75, 3.05) is 38.0 Å². The summed E-state index contributed by atoms with van der Waals surface area (Å²) in [6.07, 6.45) is 4.00. The van der Waals surface area contributed by atoms with Gasteiger partial charge in [0, 0.05) is 57.3 Å². The standard InChI is InChI=1S/C55H63ClN6O16S/c1-31-12-11-13-43(75-7)55(70)30-41(76-53(69)58-55)32(2)51-54(4,78-51)44(29-48(66)61(5)39-25-35(24-31)26-40(74-6)50(39)56)77-49(67)27-34-15-17-36(18-16-34)33(3)59-60-52(68)38-20-19-37(28-42(38)79(71,72)73)57-45(63)14-9-8-10-23-62-46(64)21-22-47(62)65/h11-13,15-22,25-26,28,32,41,43-44,51,70H,8-10,14,23-24,27,29-30H2,1-7H3,(H,57,63)(H,58,69)(H,60,68)(H,71,72,73)/b13-11+,31-12+,59-33+/t32-,41+,43-,44+,51+,54+,55+/m1/s1. The Hall–Kier alpha value is -7.28. The predicted molar refractivity (Wildman–Crippen MR) is 288 cm³/mol. The number of carbonyl (C=O) groups excluding carboxylic acids is 7. The average Bonchev–Trinajstić information content (AvgIpc) is 4.24. The number of amides is 6. The molecule has 4 heterocycles. The van der Waals surface area contributed by atoms with E-state index in [4.69, 9.17) is 35.3 Å². The molecule has 7 rings (SSSR count). The number of nitrogens with one attached hydrogen (secondary N) is 3. The van der Waals surface area contributed by atoms with E-state index in [1.54, 1.807) is 76.4 Å². The minimum Gasteiger partial charge on any atom is -0.495 e. The molecule has 0 unspecified atom stereocenters. The van der Waals surface area contributed by atoms with E-state index in [0.29, 0.717) is 48.2 Å². The van der Waals surface area contributed by atoms with Crippen LogP contribution in [0.1, 0.15) is 93.3 Å². The fraction of sp³-hybridized carbons (Fsp3) is 0.418. The van der Waals surface area contributed by atoms with Crippen molar-refractivity contribution in [3.63, 3.8) is 0 Å². The van der Waals surface area contributed by atoms with Gasteiger partial charge >= 0.3 is 12.1 Å². The number of hydrogen-bond acceptors (Lipinski definition) is 16. The van der Waals surface area contributed by atoms with Gasteiger partial charge < -0.3 is 39.0 Å². The van der Waals surface area contributed by atoms with E-state index < -0.39 is 104 Å². The average molecular weight is 1130 g/mol. The van der Waals surface area contributed by atoms with Crippen LogP contribution in [-0.2, 0) is 65.9 Å². The van der Waals surface area contributed by atoms with Crippen LogP contribution >= 0.6 is 11.6 Å². The number of anilines is 2. The Balaban J connectivity index is 1.02. The van der Waals surface area contributed by atoms with E-state index in [0.717, 1.165) is 28.2 Å². The molecular formula is C55H63ClN6O16S. The third-order valence-electron chi connectivity index (χ3n) is 14.2. The first kappa shape index (κ1) is 59.4. The van der Waals surface area contributed by atoms with Crippen molar-refractivity contribution < 1.29 is 75.3 Å². The number of epoxide rings is 1. The maximum atomic E-state index is 14.3. The number of imide groups is 1. The number of nitrogens with zero attached hydrogens (tertiary/aromatic N) is 3. The van der Waals surface area contributed by atoms with Gasteiger partial charge in [-0.3, -0.25) is 43.5 Å². The molecule has 0 aliphatic carbocycles. The Kier molecular flexibility index (Phi) is 18.6. The molecule has 5 N–H and O–H groups in total. The highest BCUT2D eigenvalue weighted by Crippen LogP contribution is 2.49. The van der Waals surface area contributed by atoms with Crippen LogP contribution in [0.25, 0.3) is 0 Å². The lowest BCUT2D eigenvalue weighted by molar-refractivity contribution is -0.153. The molecule has 4 bridgehead atoms. The molecule has 3 aromatic rings. The van der Waals surface area contributed by atoms with Gasteiger partial charge in [0.1, 0.15) is 39.6 Å². The molecular weight excluding hydrogens is 1070 g/mol. The van der Waals surface area contributed by atoms with E-state index in [-0.39, 0.29) is 48.6 Å². The molecule has 0 saturated carbocycles. The van der Waals surface area contributed by atoms with E-state index in [9.17, 15) is 51.6 Å². The van der Waals surface area contributed by atoms with Crippen molar-refractivity contribution in [3.8, 4) is 5.75 Å². The Bertz CT molecular complexity index is 3130. The van der Waals surface area contributed by atoms with Crippen LogP contribution in [0.3, 0.4) is 0 Å². The molecule has 422 valence electrons. The van der Waals surface area contributed by atoms with Gasteiger partial charge in [-0.2, -0.15) is 13.5 Å². The highest BCUT2D eigenvalue weighted by molar-refractivity contribution is 7.86. The summed E-state index contributed by atoms with van der Waals surface area (Å²) in [7, 11) is -0.564. The lowest BCUT2D eigenvalue weighted by Crippen LogP contribution is -2.63. The van der Waals surface area contributed by atoms with Gasteiger partial charge in [0.05, 0.1) is 43.0 Å². The number of allylic oxidation sites excluding steroid dienone is 3. The first-order valence-corrected chi connectivity index (χ1v) is 27.1. The minimum absolute atomic E-state index is 0.00370. The van der Waals surface area contributed by atoms with Crippen LogP contribution in [0.4, 0.5) is 16.2 Å². The zero-order chi connectivity index (χ0) is 57.6. The molecule has 0 aromatic heterocycles. The second-order valence-electron chi connectivity index (χ2n) is 20.0. The van der Waals surface area contributed by atoms with E-state index in [2.05, 4.69) is 21.2 Å². The summed E-state index contributed by atoms with van der Waals surface area (Å²) < 4.78 is 64.3. The molecule has 2 fully saturated rings. The Morgan fingerprint density at radius 2 is 1.71 bits per heavy atom. The van der Waals surface area contributed by atoms with Crippen molar-refractivity contribution in [1.82, 2.24) is 15.6 Å². The quantitative estimate of drug-likeness (QED) is 0.0217. The zero-order valence-electron chi connectivity index (χ0n) is 44.6. The molecule has 2 saturated heterocycles. The second-order valence-corrected chi connectivity index (χ2v) is 21.8. The van der Waals surface area contributed by atoms with Crippen LogP contribution in [0, 0.1) is 5.92 Å². The molecule has 7 atom stereocenters. The summed E-state index contributed by atoms with van der Waals surface area (Å²) in [6, 6.07) is 13.3. The fourth-order valence-corrected chi connectivity index (χ4v) is 10.7. The number of alkyl carbamates (subject to hydrolysis) is 1. The van der Waals surface area contributed by atoms with Crippen LogP contribution < -0.4 is 25.7 Å². The van der Waals surface area contributed by atoms with Crippen LogP contribution in [-0.4, -0.2) is 134 Å². The van der Waals surface area contributed by atoms with E-state index in [1.165, 1.54) is 37.3 Å². The summed E-state index contributed by atoms with van der Waals surface area (Å²) in [5.41, 5.74) is 1.91. The first-order chi connectivity index (χ1) is 37.3. The number of rotatable bonds is 16. The molecule has 22 nitrogen and oxygen atoms in total. The molecule has 79 heavy (non-hydrogen) atoms. The van der Waals surface area contributed by atoms with Crippen molar-refractivity contribution in [3.05, 3.63) is 118 Å². The Morgan fingerprint density at radius 3 is 2.38 bits per heavy atom. The summed E-state index contributed by atoms with van der Waals surface area (Å²) in [6.45, 7) is 7.13. The van der Waals surface area contributed by atoms with Gasteiger partial charge in [-0.25, -0.2) is 10.2 Å². The van der Waals surface area contributed by atoms with Crippen molar-refractivity contribution >= 4 is 80.4 Å². The van der Waals surface area contributed by atoms with Crippen LogP contribution in [0.15, 0.2) is 101 Å². The van der Waals surface area contributed by atoms with Crippen molar-refractivity contribution in [2.24, 2.45) is 11.0 Å². The van der Waals surface area contributed by atoms with Crippen molar-refractivity contribution in [1.29, 1.82) is 0 Å². The van der Waals surface area contributed by atoms with E-state index >= 15 is 0 Å². The molecule has 4 aliphatic heterocycles. The summed E-state index contributed by atoms with van der Waals surface area (Å²) in [5.74, 6) is -3.71. The number of ether oxygens (including phenoxy) is 5. The summed E-state index contributed by atoms with van der Waals surface area (Å²) >= 11 is 6.81. The highest BCUT2D eigenvalue weighted by atomic mass is 35.5. The number of aliphatic hydroxyl groups is 1. The van der Waals surface area contributed by atoms with Crippen LogP contribution in [0.5, 0.6) is 5.75 Å². The number of benzene rings is 3. The second kappa shape index (κ2) is 24.8. The van der Waals surface area contributed by atoms with Crippen molar-refractivity contribution in [2.45, 2.75) is 120 Å². The fourth-order valence-electron chi connectivity index (χ4n) is 9.70. The van der Waals surface area contributed by atoms with Gasteiger partial charge in [0.2, 0.25) is 11.8 Å². The van der Waals surface area contributed by atoms with E-state index in [1.807, 2.05) is 13.0 Å². The number of hydrazone groups is 1. The van der Waals surface area contributed by atoms with Gasteiger partial charge in [-0.1, -0.05) is 73.0 Å². The molecule has 4 aliphatic rings. The smallest absolute Gasteiger partial charge is 0.409 e. The van der Waals surface area contributed by atoms with Gasteiger partial charge in [0.15, 0.2) is 5.72 Å². The van der Waals surface area contributed by atoms with Gasteiger partial charge in [-0.05, 0) is 87.1 Å². The lowest BCUT2D eigenvalue weighted by atomic mass is 9.83. The van der Waals surface area contributed by atoms with Crippen LogP contribution in [0.2, 0.25) is 5.02 Å². The number of methoxy groups -OCH3 is 2. The zero-order valence-corrected chi connectivity index (χ0v) is 46.1. The molecule has 3 aromatic carbocycles. The monoisotopic (exact) mass is 1130 g/mol. The predicted octanol–water partition coefficient (Wildman–Crippen LogP) is 5.73. The third kappa shape index (κ3) is 14.3. The number of unbranched alkanes of at least 4 members (excludes halogenated alkanes) is 2. The molecule has 6 amide bonds. The maximum absolute atomic E-state index is 14.3. The lowest BCUT2D eigenvalue weighted by Gasteiger charge is -2.42. The largest absolute Gasteiger partial charge is 0.495 e. The Labute approximate surface area is 461 Å². The first-order valence-electron chi connectivity index (χ1n) is 25.3. The summed E-state index contributed by atoms with van der Waals surface area (Å²) in [5, 5.41) is 21.2. The van der Waals surface area contributed by atoms with Gasteiger partial charge in [-0.15, -0.1) is 0 Å². The third-order valence-corrected chi connectivity index (χ3v) is 15.5. The molecule has 0 spiro atoms. The number of esters is 1. The topological polar surface area (TPSA) is 298 Å². The number of fused-ring (bicyclic) bond motifs is 5.